The van der Waals surface area contributed by atoms with Crippen LogP contribution in [0.2, 0.25) is 0 Å². The maximum absolute atomic E-state index is 10.9. The molecule has 1 atom stereocenters. The van der Waals surface area contributed by atoms with Crippen LogP contribution >= 0.6 is 0 Å². The monoisotopic (exact) mass is 156 g/mol. The van der Waals surface area contributed by atoms with Crippen LogP contribution in [-0.4, -0.2) is 23.8 Å². The Labute approximate surface area is 65.4 Å². The van der Waals surface area contributed by atoms with Crippen molar-refractivity contribution in [2.24, 2.45) is 5.41 Å². The Kier molecular flexibility index (Phi) is 1.42. The molecule has 1 heterocycles. The summed E-state index contributed by atoms with van der Waals surface area (Å²) in [5.74, 6) is -0.424. The second-order valence-electron chi connectivity index (χ2n) is 3.58. The number of hydrogen-bond acceptors (Lipinski definition) is 3. The van der Waals surface area contributed by atoms with E-state index in [1.807, 2.05) is 0 Å². The van der Waals surface area contributed by atoms with Crippen LogP contribution in [0, 0.1) is 5.41 Å². The average Bonchev–Trinajstić information content (AvgIpc) is 2.56. The molecule has 2 rings (SSSR count). The van der Waals surface area contributed by atoms with Gasteiger partial charge in [0.15, 0.2) is 6.10 Å². The maximum atomic E-state index is 10.9. The number of ether oxygens (including phenoxy) is 1. The van der Waals surface area contributed by atoms with E-state index in [2.05, 4.69) is 0 Å². The Morgan fingerprint density at radius 1 is 1.45 bits per heavy atom. The SMILES string of the molecule is O=C1OCC2(CCCC2)C1O. The van der Waals surface area contributed by atoms with Gasteiger partial charge in [-0.2, -0.15) is 0 Å². The summed E-state index contributed by atoms with van der Waals surface area (Å²) >= 11 is 0. The molecule has 0 aromatic heterocycles. The van der Waals surface area contributed by atoms with Crippen molar-refractivity contribution in [1.29, 1.82) is 0 Å². The minimum absolute atomic E-state index is 0.197. The van der Waals surface area contributed by atoms with Crippen LogP contribution in [0.15, 0.2) is 0 Å². The lowest BCUT2D eigenvalue weighted by Crippen LogP contribution is -2.32. The lowest BCUT2D eigenvalue weighted by atomic mass is 9.83. The molecular weight excluding hydrogens is 144 g/mol. The summed E-state index contributed by atoms with van der Waals surface area (Å²) in [7, 11) is 0. The summed E-state index contributed by atoms with van der Waals surface area (Å²) in [6.45, 7) is 0.438. The smallest absolute Gasteiger partial charge is 0.335 e. The van der Waals surface area contributed by atoms with Crippen molar-refractivity contribution in [3.63, 3.8) is 0 Å². The van der Waals surface area contributed by atoms with Gasteiger partial charge in [-0.05, 0) is 12.8 Å². The fourth-order valence-corrected chi connectivity index (χ4v) is 2.12. The summed E-state index contributed by atoms with van der Waals surface area (Å²) in [6, 6.07) is 0. The van der Waals surface area contributed by atoms with Crippen LogP contribution in [-0.2, 0) is 9.53 Å². The summed E-state index contributed by atoms with van der Waals surface area (Å²) < 4.78 is 4.81. The first-order valence-corrected chi connectivity index (χ1v) is 4.09. The number of carbonyl (C=O) groups is 1. The number of cyclic esters (lactones) is 1. The van der Waals surface area contributed by atoms with Gasteiger partial charge in [-0.15, -0.1) is 0 Å². The van der Waals surface area contributed by atoms with E-state index >= 15 is 0 Å². The molecule has 1 aliphatic heterocycles. The molecule has 1 saturated carbocycles. The standard InChI is InChI=1S/C8H12O3/c9-6-7(10)11-5-8(6)3-1-2-4-8/h6,9H,1-5H2. The lowest BCUT2D eigenvalue weighted by Gasteiger charge is -2.21. The highest BCUT2D eigenvalue weighted by Gasteiger charge is 2.50. The summed E-state index contributed by atoms with van der Waals surface area (Å²) in [4.78, 5) is 10.9. The van der Waals surface area contributed by atoms with E-state index in [1.54, 1.807) is 0 Å². The van der Waals surface area contributed by atoms with E-state index in [4.69, 9.17) is 4.74 Å². The van der Waals surface area contributed by atoms with Gasteiger partial charge in [0.25, 0.3) is 0 Å². The average molecular weight is 156 g/mol. The molecule has 3 heteroatoms. The molecule has 1 N–H and O–H groups in total. The zero-order valence-corrected chi connectivity index (χ0v) is 6.38. The van der Waals surface area contributed by atoms with Gasteiger partial charge in [-0.25, -0.2) is 4.79 Å². The first-order valence-electron chi connectivity index (χ1n) is 4.09. The summed E-state index contributed by atoms with van der Waals surface area (Å²) in [5.41, 5.74) is -0.197. The molecule has 0 aromatic carbocycles. The van der Waals surface area contributed by atoms with Crippen molar-refractivity contribution in [2.45, 2.75) is 31.8 Å². The number of carbonyl (C=O) groups excluding carboxylic acids is 1. The molecule has 1 unspecified atom stereocenters. The van der Waals surface area contributed by atoms with Gasteiger partial charge in [0.05, 0.1) is 0 Å². The number of aliphatic hydroxyl groups excluding tert-OH is 1. The van der Waals surface area contributed by atoms with Crippen LogP contribution in [0.1, 0.15) is 25.7 Å². The number of hydrogen-bond donors (Lipinski definition) is 1. The number of aliphatic hydroxyl groups is 1. The predicted octanol–water partition coefficient (Wildman–Crippen LogP) is 0.464. The zero-order chi connectivity index (χ0) is 7.90. The molecule has 2 aliphatic rings. The van der Waals surface area contributed by atoms with Crippen LogP contribution in [0.4, 0.5) is 0 Å². The van der Waals surface area contributed by atoms with Crippen LogP contribution in [0.5, 0.6) is 0 Å². The van der Waals surface area contributed by atoms with Gasteiger partial charge >= 0.3 is 5.97 Å². The van der Waals surface area contributed by atoms with E-state index in [0.29, 0.717) is 6.61 Å². The topological polar surface area (TPSA) is 46.5 Å². The Bertz CT molecular complexity index is 182. The van der Waals surface area contributed by atoms with Crippen molar-refractivity contribution >= 4 is 5.97 Å². The van der Waals surface area contributed by atoms with Crippen molar-refractivity contribution in [3.05, 3.63) is 0 Å². The third-order valence-corrected chi connectivity index (χ3v) is 2.90. The molecule has 11 heavy (non-hydrogen) atoms. The first kappa shape index (κ1) is 7.10. The number of esters is 1. The molecule has 62 valence electrons. The largest absolute Gasteiger partial charge is 0.463 e. The lowest BCUT2D eigenvalue weighted by molar-refractivity contribution is -0.145. The molecule has 0 amide bonds. The minimum Gasteiger partial charge on any atom is -0.463 e. The van der Waals surface area contributed by atoms with E-state index < -0.39 is 12.1 Å². The molecule has 1 spiro atoms. The highest BCUT2D eigenvalue weighted by molar-refractivity contribution is 5.77. The molecule has 0 radical (unpaired) electrons. The third kappa shape index (κ3) is 0.872. The second kappa shape index (κ2) is 2.21. The van der Waals surface area contributed by atoms with Crippen LogP contribution in [0.25, 0.3) is 0 Å². The Morgan fingerprint density at radius 3 is 2.55 bits per heavy atom. The molecule has 1 aliphatic carbocycles. The van der Waals surface area contributed by atoms with E-state index in [-0.39, 0.29) is 5.41 Å². The van der Waals surface area contributed by atoms with E-state index in [9.17, 15) is 9.90 Å². The fourth-order valence-electron chi connectivity index (χ4n) is 2.12. The molecular formula is C8H12O3. The van der Waals surface area contributed by atoms with Crippen molar-refractivity contribution in [2.75, 3.05) is 6.61 Å². The highest BCUT2D eigenvalue weighted by atomic mass is 16.6. The highest BCUT2D eigenvalue weighted by Crippen LogP contribution is 2.44. The Hall–Kier alpha value is -0.570. The van der Waals surface area contributed by atoms with Crippen molar-refractivity contribution in [3.8, 4) is 0 Å². The predicted molar refractivity (Wildman–Crippen MR) is 37.9 cm³/mol. The Morgan fingerprint density at radius 2 is 2.09 bits per heavy atom. The minimum atomic E-state index is -0.843. The fraction of sp³-hybridized carbons (Fsp3) is 0.875. The molecule has 0 bridgehead atoms. The van der Waals surface area contributed by atoms with E-state index in [0.717, 1.165) is 25.7 Å². The van der Waals surface area contributed by atoms with E-state index in [1.165, 1.54) is 0 Å². The molecule has 3 nitrogen and oxygen atoms in total. The summed E-state index contributed by atoms with van der Waals surface area (Å²) in [5, 5.41) is 9.47. The normalized spacial score (nSPS) is 34.6. The Balaban J connectivity index is 2.19. The quantitative estimate of drug-likeness (QED) is 0.518. The maximum Gasteiger partial charge on any atom is 0.335 e. The molecule has 0 aromatic rings. The number of rotatable bonds is 0. The summed E-state index contributed by atoms with van der Waals surface area (Å²) in [6.07, 6.45) is 3.28. The van der Waals surface area contributed by atoms with Crippen LogP contribution in [0.3, 0.4) is 0 Å². The van der Waals surface area contributed by atoms with Gasteiger partial charge in [-0.1, -0.05) is 12.8 Å². The molecule has 2 fully saturated rings. The van der Waals surface area contributed by atoms with Gasteiger partial charge in [0.1, 0.15) is 6.61 Å². The third-order valence-electron chi connectivity index (χ3n) is 2.90. The zero-order valence-electron chi connectivity index (χ0n) is 6.38. The van der Waals surface area contributed by atoms with Crippen LogP contribution < -0.4 is 0 Å². The van der Waals surface area contributed by atoms with Gasteiger partial charge < -0.3 is 9.84 Å². The van der Waals surface area contributed by atoms with Gasteiger partial charge in [-0.3, -0.25) is 0 Å². The second-order valence-corrected chi connectivity index (χ2v) is 3.58. The molecule has 1 saturated heterocycles. The van der Waals surface area contributed by atoms with Gasteiger partial charge in [0.2, 0.25) is 0 Å². The van der Waals surface area contributed by atoms with Crippen molar-refractivity contribution < 1.29 is 14.6 Å². The van der Waals surface area contributed by atoms with Crippen molar-refractivity contribution in [1.82, 2.24) is 0 Å². The van der Waals surface area contributed by atoms with Gasteiger partial charge in [0, 0.05) is 5.41 Å². The first-order chi connectivity index (χ1) is 5.25.